The second-order valence-corrected chi connectivity index (χ2v) is 20.3. The van der Waals surface area contributed by atoms with Crippen LogP contribution in [-0.4, -0.2) is 19.5 Å². The summed E-state index contributed by atoms with van der Waals surface area (Å²) in [5.41, 5.74) is 11.4. The average Bonchev–Trinajstić information content (AvgIpc) is 3.83. The summed E-state index contributed by atoms with van der Waals surface area (Å²) in [4.78, 5) is 20.8. The van der Waals surface area contributed by atoms with Crippen LogP contribution in [0.2, 0.25) is 0 Å². The summed E-state index contributed by atoms with van der Waals surface area (Å²) in [5, 5.41) is 2.48. The largest absolute Gasteiger partial charge is 0.309 e. The first kappa shape index (κ1) is 38.8. The van der Waals surface area contributed by atoms with Gasteiger partial charge in [0.25, 0.3) is 0 Å². The SMILES string of the molecule is CC1(C)c2ccccc2-c2ccc3c4ccccc4n(-c4cccc(-c5nc(-c6ccccc6)nc(-c6cccc(S(c7ccccc7)(c7ccccc7)c7ccccc7)c6)n5)c4)c3c21. The van der Waals surface area contributed by atoms with E-state index in [0.717, 1.165) is 22.4 Å². The minimum absolute atomic E-state index is 0.196. The van der Waals surface area contributed by atoms with Crippen molar-refractivity contribution in [2.45, 2.75) is 38.8 Å². The second kappa shape index (κ2) is 15.4. The normalized spacial score (nSPS) is 13.1. The van der Waals surface area contributed by atoms with Gasteiger partial charge in [-0.3, -0.25) is 0 Å². The van der Waals surface area contributed by atoms with Crippen LogP contribution in [0.3, 0.4) is 0 Å². The third-order valence-corrected chi connectivity index (χ3v) is 17.0. The van der Waals surface area contributed by atoms with Crippen LogP contribution in [0.15, 0.2) is 250 Å². The number of hydrogen-bond donors (Lipinski definition) is 0. The lowest BCUT2D eigenvalue weighted by Crippen LogP contribution is -2.16. The van der Waals surface area contributed by atoms with Crippen molar-refractivity contribution in [3.63, 3.8) is 0 Å². The molecule has 0 spiro atoms. The Bertz CT molecular complexity index is 3470. The highest BCUT2D eigenvalue weighted by atomic mass is 32.3. The number of aromatic nitrogens is 4. The molecule has 0 amide bonds. The van der Waals surface area contributed by atoms with Crippen LogP contribution in [0.25, 0.3) is 72.8 Å². The van der Waals surface area contributed by atoms with E-state index in [9.17, 15) is 0 Å². The van der Waals surface area contributed by atoms with E-state index in [4.69, 9.17) is 15.0 Å². The monoisotopic (exact) mass is 852 g/mol. The number of para-hydroxylation sites is 1. The molecule has 12 rings (SSSR count). The summed E-state index contributed by atoms with van der Waals surface area (Å²) in [6, 6.07) is 83.0. The number of hydrogen-bond acceptors (Lipinski definition) is 3. The van der Waals surface area contributed by atoms with Gasteiger partial charge in [0.05, 0.1) is 11.0 Å². The molecule has 0 fully saturated rings. The number of nitrogens with zero attached hydrogens (tertiary/aromatic N) is 4. The Kier molecular flexibility index (Phi) is 9.21. The third-order valence-electron chi connectivity index (χ3n) is 13.1. The minimum atomic E-state index is -1.94. The van der Waals surface area contributed by atoms with E-state index in [-0.39, 0.29) is 5.41 Å². The van der Waals surface area contributed by atoms with Crippen LogP contribution in [-0.2, 0) is 5.41 Å². The first-order chi connectivity index (χ1) is 32.0. The standard InChI is InChI=1S/C60H44N4S/c1-60(2)53-35-17-15-33-49(53)51-37-38-52-50-34-16-18-36-54(50)64(56(52)55(51)60)44-25-19-23-42(39-44)58-61-57(41-21-7-3-8-22-41)62-59(63-58)43-24-20-32-48(40-43)65(45-26-9-4-10-27-45,46-28-11-5-12-29-46)47-30-13-6-14-31-47/h3-40H,1-2H3. The maximum Gasteiger partial charge on any atom is 0.164 e. The zero-order valence-corrected chi connectivity index (χ0v) is 37.0. The number of benzene rings is 9. The highest BCUT2D eigenvalue weighted by Crippen LogP contribution is 2.73. The van der Waals surface area contributed by atoms with E-state index in [1.807, 2.05) is 18.2 Å². The van der Waals surface area contributed by atoms with E-state index in [2.05, 4.69) is 231 Å². The highest BCUT2D eigenvalue weighted by Gasteiger charge is 2.38. The van der Waals surface area contributed by atoms with Crippen molar-refractivity contribution in [2.75, 3.05) is 0 Å². The van der Waals surface area contributed by atoms with E-state index < -0.39 is 10.0 Å². The molecule has 0 bridgehead atoms. The summed E-state index contributed by atoms with van der Waals surface area (Å²) in [5.74, 6) is 1.87. The molecule has 9 aromatic carbocycles. The van der Waals surface area contributed by atoms with Gasteiger partial charge in [-0.1, -0.05) is 178 Å². The Morgan fingerprint density at radius 2 is 0.877 bits per heavy atom. The van der Waals surface area contributed by atoms with Gasteiger partial charge in [0, 0.05) is 58.1 Å². The Balaban J connectivity index is 1.06. The van der Waals surface area contributed by atoms with Gasteiger partial charge in [-0.15, -0.1) is 10.0 Å². The molecular weight excluding hydrogens is 809 g/mol. The van der Waals surface area contributed by atoms with E-state index in [1.54, 1.807) is 0 Å². The highest BCUT2D eigenvalue weighted by molar-refractivity contribution is 8.34. The molecule has 65 heavy (non-hydrogen) atoms. The van der Waals surface area contributed by atoms with Crippen molar-refractivity contribution in [1.29, 1.82) is 0 Å². The fraction of sp³-hybridized carbons (Fsp3) is 0.0500. The molecule has 0 aliphatic heterocycles. The van der Waals surface area contributed by atoms with Crippen molar-refractivity contribution < 1.29 is 0 Å². The van der Waals surface area contributed by atoms with Gasteiger partial charge in [-0.25, -0.2) is 15.0 Å². The molecule has 310 valence electrons. The van der Waals surface area contributed by atoms with Gasteiger partial charge in [0.2, 0.25) is 0 Å². The predicted octanol–water partition coefficient (Wildman–Crippen LogP) is 15.6. The zero-order valence-electron chi connectivity index (χ0n) is 36.1. The lowest BCUT2D eigenvalue weighted by molar-refractivity contribution is 0.664. The van der Waals surface area contributed by atoms with Crippen molar-refractivity contribution in [2.24, 2.45) is 0 Å². The first-order valence-corrected chi connectivity index (χ1v) is 23.8. The van der Waals surface area contributed by atoms with Crippen LogP contribution >= 0.6 is 10.0 Å². The summed E-state index contributed by atoms with van der Waals surface area (Å²) in [7, 11) is -1.94. The smallest absolute Gasteiger partial charge is 0.164 e. The molecule has 0 N–H and O–H groups in total. The van der Waals surface area contributed by atoms with E-state index in [1.165, 1.54) is 63.6 Å². The zero-order chi connectivity index (χ0) is 43.5. The van der Waals surface area contributed by atoms with Crippen LogP contribution in [0.4, 0.5) is 0 Å². The molecule has 1 aliphatic rings. The average molecular weight is 853 g/mol. The summed E-state index contributed by atoms with van der Waals surface area (Å²) < 4.78 is 2.46. The Labute approximate surface area is 380 Å². The van der Waals surface area contributed by atoms with E-state index in [0.29, 0.717) is 17.5 Å². The quantitative estimate of drug-likeness (QED) is 0.153. The third kappa shape index (κ3) is 6.18. The summed E-state index contributed by atoms with van der Waals surface area (Å²) in [6.07, 6.45) is 0. The van der Waals surface area contributed by atoms with Crippen molar-refractivity contribution >= 4 is 31.8 Å². The lowest BCUT2D eigenvalue weighted by atomic mass is 9.81. The molecule has 0 atom stereocenters. The fourth-order valence-corrected chi connectivity index (χ4v) is 14.1. The van der Waals surface area contributed by atoms with Crippen molar-refractivity contribution in [1.82, 2.24) is 19.5 Å². The molecule has 4 nitrogen and oxygen atoms in total. The molecule has 1 aliphatic carbocycles. The topological polar surface area (TPSA) is 43.6 Å². The van der Waals surface area contributed by atoms with Gasteiger partial charge in [-0.2, -0.15) is 0 Å². The van der Waals surface area contributed by atoms with Gasteiger partial charge in [0.1, 0.15) is 0 Å². The lowest BCUT2D eigenvalue weighted by Gasteiger charge is -2.42. The summed E-state index contributed by atoms with van der Waals surface area (Å²) >= 11 is 0. The molecule has 0 unspecified atom stereocenters. The predicted molar refractivity (Wildman–Crippen MR) is 268 cm³/mol. The first-order valence-electron chi connectivity index (χ1n) is 22.2. The maximum absolute atomic E-state index is 5.37. The number of fused-ring (bicyclic) bond motifs is 7. The molecule has 0 saturated heterocycles. The Morgan fingerprint density at radius 1 is 0.385 bits per heavy atom. The Morgan fingerprint density at radius 3 is 1.52 bits per heavy atom. The molecule has 11 aromatic rings. The minimum Gasteiger partial charge on any atom is -0.309 e. The molecule has 0 radical (unpaired) electrons. The van der Waals surface area contributed by atoms with Crippen molar-refractivity contribution in [3.8, 4) is 51.0 Å². The maximum atomic E-state index is 5.37. The molecular formula is C60H44N4S. The molecule has 2 aromatic heterocycles. The van der Waals surface area contributed by atoms with Crippen molar-refractivity contribution in [3.05, 3.63) is 242 Å². The second-order valence-electron chi connectivity index (χ2n) is 17.2. The Hall–Kier alpha value is -7.86. The van der Waals surface area contributed by atoms with Crippen LogP contribution in [0, 0.1) is 0 Å². The van der Waals surface area contributed by atoms with Gasteiger partial charge >= 0.3 is 0 Å². The van der Waals surface area contributed by atoms with E-state index >= 15 is 0 Å². The van der Waals surface area contributed by atoms with Crippen LogP contribution in [0.1, 0.15) is 25.0 Å². The number of rotatable bonds is 8. The van der Waals surface area contributed by atoms with Gasteiger partial charge in [0.15, 0.2) is 17.5 Å². The van der Waals surface area contributed by atoms with Crippen LogP contribution < -0.4 is 0 Å². The molecule has 2 heterocycles. The van der Waals surface area contributed by atoms with Gasteiger partial charge < -0.3 is 4.57 Å². The fourth-order valence-electron chi connectivity index (χ4n) is 10.2. The van der Waals surface area contributed by atoms with Crippen LogP contribution in [0.5, 0.6) is 0 Å². The van der Waals surface area contributed by atoms with Gasteiger partial charge in [-0.05, 0) is 89.0 Å². The molecule has 0 saturated carbocycles. The summed E-state index contributed by atoms with van der Waals surface area (Å²) in [6.45, 7) is 4.74. The molecule has 5 heteroatoms.